The van der Waals surface area contributed by atoms with E-state index >= 15 is 0 Å². The summed E-state index contributed by atoms with van der Waals surface area (Å²) < 4.78 is 17.7. The SMILES string of the molecule is C[C@@H]1C[C@H](Oc2c(-c3c(Cl)cccc3Cl)noc2C2CC2)CCN1C(=O)OC(C)(C)C. The summed E-state index contributed by atoms with van der Waals surface area (Å²) in [5.74, 6) is 1.70. The van der Waals surface area contributed by atoms with Crippen molar-refractivity contribution in [3.63, 3.8) is 0 Å². The number of hydrogen-bond donors (Lipinski definition) is 0. The Balaban J connectivity index is 1.54. The van der Waals surface area contributed by atoms with Gasteiger partial charge in [0.25, 0.3) is 0 Å². The standard InChI is InChI=1S/C23H28Cl2N2O4/c1-13-12-15(10-11-27(13)22(28)30-23(2,3)4)29-21-19(26-31-20(21)14-8-9-14)18-16(24)6-5-7-17(18)25/h5-7,13-15H,8-12H2,1-4H3/t13-,15-/m1/s1. The summed E-state index contributed by atoms with van der Waals surface area (Å²) in [6.45, 7) is 8.20. The lowest BCUT2D eigenvalue weighted by Crippen LogP contribution is -2.49. The molecule has 1 aromatic heterocycles. The second-order valence-electron chi connectivity index (χ2n) is 9.38. The van der Waals surface area contributed by atoms with E-state index in [1.54, 1.807) is 23.1 Å². The lowest BCUT2D eigenvalue weighted by Gasteiger charge is -2.38. The van der Waals surface area contributed by atoms with Crippen molar-refractivity contribution in [3.8, 4) is 17.0 Å². The van der Waals surface area contributed by atoms with Gasteiger partial charge >= 0.3 is 6.09 Å². The Labute approximate surface area is 192 Å². The number of carbonyl (C=O) groups excluding carboxylic acids is 1. The zero-order chi connectivity index (χ0) is 22.3. The monoisotopic (exact) mass is 466 g/mol. The minimum absolute atomic E-state index is 0.00909. The van der Waals surface area contributed by atoms with Crippen LogP contribution in [0, 0.1) is 0 Å². The van der Waals surface area contributed by atoms with E-state index in [1.165, 1.54) is 0 Å². The number of aromatic nitrogens is 1. The highest BCUT2D eigenvalue weighted by Crippen LogP contribution is 2.50. The van der Waals surface area contributed by atoms with Gasteiger partial charge in [0.2, 0.25) is 0 Å². The van der Waals surface area contributed by atoms with E-state index in [4.69, 9.17) is 37.2 Å². The zero-order valence-electron chi connectivity index (χ0n) is 18.3. The first-order chi connectivity index (χ1) is 14.6. The van der Waals surface area contributed by atoms with Crippen molar-refractivity contribution >= 4 is 29.3 Å². The molecule has 0 N–H and O–H groups in total. The maximum Gasteiger partial charge on any atom is 0.410 e. The average molecular weight is 467 g/mol. The molecule has 1 aliphatic heterocycles. The van der Waals surface area contributed by atoms with Crippen molar-refractivity contribution in [1.29, 1.82) is 0 Å². The van der Waals surface area contributed by atoms with Crippen molar-refractivity contribution in [1.82, 2.24) is 10.1 Å². The molecular weight excluding hydrogens is 439 g/mol. The minimum Gasteiger partial charge on any atom is -0.484 e. The van der Waals surface area contributed by atoms with Crippen LogP contribution in [0.5, 0.6) is 5.75 Å². The zero-order valence-corrected chi connectivity index (χ0v) is 19.8. The number of ether oxygens (including phenoxy) is 2. The quantitative estimate of drug-likeness (QED) is 0.501. The van der Waals surface area contributed by atoms with Crippen LogP contribution in [-0.4, -0.2) is 40.4 Å². The number of benzene rings is 1. The first kappa shape index (κ1) is 22.3. The van der Waals surface area contributed by atoms with Crippen LogP contribution in [0.4, 0.5) is 4.79 Å². The molecule has 2 atom stereocenters. The van der Waals surface area contributed by atoms with Crippen LogP contribution in [0.15, 0.2) is 22.7 Å². The molecule has 2 fully saturated rings. The third kappa shape index (κ3) is 4.96. The Morgan fingerprint density at radius 3 is 2.45 bits per heavy atom. The molecule has 1 aliphatic carbocycles. The number of hydrogen-bond acceptors (Lipinski definition) is 5. The van der Waals surface area contributed by atoms with Gasteiger partial charge in [0.05, 0.1) is 10.0 Å². The van der Waals surface area contributed by atoms with Crippen molar-refractivity contribution in [3.05, 3.63) is 34.0 Å². The van der Waals surface area contributed by atoms with Gasteiger partial charge in [-0.05, 0) is 52.7 Å². The van der Waals surface area contributed by atoms with Crippen LogP contribution in [0.1, 0.15) is 65.1 Å². The Morgan fingerprint density at radius 1 is 1.19 bits per heavy atom. The summed E-state index contributed by atoms with van der Waals surface area (Å²) in [7, 11) is 0. The lowest BCUT2D eigenvalue weighted by atomic mass is 10.0. The summed E-state index contributed by atoms with van der Waals surface area (Å²) in [6.07, 6.45) is 3.11. The predicted octanol–water partition coefficient (Wildman–Crippen LogP) is 6.69. The third-order valence-corrected chi connectivity index (χ3v) is 6.19. The molecule has 6 nitrogen and oxygen atoms in total. The maximum atomic E-state index is 12.5. The molecule has 1 saturated carbocycles. The van der Waals surface area contributed by atoms with Crippen molar-refractivity contribution in [2.24, 2.45) is 0 Å². The van der Waals surface area contributed by atoms with E-state index in [-0.39, 0.29) is 18.2 Å². The van der Waals surface area contributed by atoms with Crippen LogP contribution in [0.3, 0.4) is 0 Å². The second kappa shape index (κ2) is 8.55. The summed E-state index contributed by atoms with van der Waals surface area (Å²) in [6, 6.07) is 5.34. The van der Waals surface area contributed by atoms with Gasteiger partial charge in [-0.15, -0.1) is 0 Å². The maximum absolute atomic E-state index is 12.5. The highest BCUT2D eigenvalue weighted by molar-refractivity contribution is 6.39. The molecule has 8 heteroatoms. The number of halogens is 2. The molecule has 168 valence electrons. The molecule has 0 radical (unpaired) electrons. The fraction of sp³-hybridized carbons (Fsp3) is 0.565. The van der Waals surface area contributed by atoms with E-state index in [9.17, 15) is 4.79 Å². The van der Waals surface area contributed by atoms with Gasteiger partial charge in [0, 0.05) is 36.9 Å². The van der Waals surface area contributed by atoms with E-state index in [1.807, 2.05) is 27.7 Å². The third-order valence-electron chi connectivity index (χ3n) is 5.56. The van der Waals surface area contributed by atoms with E-state index in [0.29, 0.717) is 52.4 Å². The summed E-state index contributed by atoms with van der Waals surface area (Å²) in [5.41, 5.74) is 0.644. The van der Waals surface area contributed by atoms with Gasteiger partial charge in [-0.2, -0.15) is 0 Å². The summed E-state index contributed by atoms with van der Waals surface area (Å²) in [4.78, 5) is 14.3. The van der Waals surface area contributed by atoms with Gasteiger partial charge in [-0.25, -0.2) is 4.79 Å². The molecule has 4 rings (SSSR count). The molecule has 2 aromatic rings. The first-order valence-electron chi connectivity index (χ1n) is 10.7. The Hall–Kier alpha value is -1.92. The van der Waals surface area contributed by atoms with Gasteiger partial charge in [0.15, 0.2) is 17.2 Å². The first-order valence-corrected chi connectivity index (χ1v) is 11.5. The van der Waals surface area contributed by atoms with Crippen LogP contribution in [-0.2, 0) is 4.74 Å². The molecule has 0 spiro atoms. The topological polar surface area (TPSA) is 64.8 Å². The van der Waals surface area contributed by atoms with Crippen LogP contribution < -0.4 is 4.74 Å². The number of piperidine rings is 1. The highest BCUT2D eigenvalue weighted by atomic mass is 35.5. The van der Waals surface area contributed by atoms with E-state index < -0.39 is 5.60 Å². The van der Waals surface area contributed by atoms with Crippen LogP contribution in [0.25, 0.3) is 11.3 Å². The molecule has 1 aromatic carbocycles. The number of amides is 1. The van der Waals surface area contributed by atoms with E-state index in [2.05, 4.69) is 5.16 Å². The molecule has 0 unspecified atom stereocenters. The Morgan fingerprint density at radius 2 is 1.87 bits per heavy atom. The fourth-order valence-electron chi connectivity index (χ4n) is 3.89. The number of nitrogens with zero attached hydrogens (tertiary/aromatic N) is 2. The molecule has 2 heterocycles. The molecule has 1 saturated heterocycles. The summed E-state index contributed by atoms with van der Waals surface area (Å²) in [5, 5.41) is 5.29. The molecular formula is C23H28Cl2N2O4. The summed E-state index contributed by atoms with van der Waals surface area (Å²) >= 11 is 12.9. The lowest BCUT2D eigenvalue weighted by molar-refractivity contribution is -0.00119. The molecule has 1 amide bonds. The number of rotatable bonds is 4. The van der Waals surface area contributed by atoms with Gasteiger partial charge < -0.3 is 18.9 Å². The number of carbonyl (C=O) groups is 1. The minimum atomic E-state index is -0.519. The Kier molecular flexibility index (Phi) is 6.14. The highest BCUT2D eigenvalue weighted by Gasteiger charge is 2.38. The fourth-order valence-corrected chi connectivity index (χ4v) is 4.47. The Bertz CT molecular complexity index is 945. The smallest absolute Gasteiger partial charge is 0.410 e. The van der Waals surface area contributed by atoms with Gasteiger partial charge in [-0.3, -0.25) is 0 Å². The van der Waals surface area contributed by atoms with Gasteiger partial charge in [-0.1, -0.05) is 34.4 Å². The van der Waals surface area contributed by atoms with Crippen molar-refractivity contribution in [2.75, 3.05) is 6.54 Å². The molecule has 0 bridgehead atoms. The average Bonchev–Trinajstić information content (AvgIpc) is 3.43. The predicted molar refractivity (Wildman–Crippen MR) is 120 cm³/mol. The molecule has 31 heavy (non-hydrogen) atoms. The van der Waals surface area contributed by atoms with E-state index in [0.717, 1.165) is 18.6 Å². The normalized spacial score (nSPS) is 21.8. The largest absolute Gasteiger partial charge is 0.484 e. The van der Waals surface area contributed by atoms with Crippen molar-refractivity contribution in [2.45, 2.75) is 77.0 Å². The van der Waals surface area contributed by atoms with Crippen LogP contribution >= 0.6 is 23.2 Å². The molecule has 2 aliphatic rings. The second-order valence-corrected chi connectivity index (χ2v) is 10.2. The van der Waals surface area contributed by atoms with Crippen molar-refractivity contribution < 1.29 is 18.8 Å². The van der Waals surface area contributed by atoms with Crippen LogP contribution in [0.2, 0.25) is 10.0 Å². The number of likely N-dealkylation sites (tertiary alicyclic amines) is 1. The van der Waals surface area contributed by atoms with Gasteiger partial charge in [0.1, 0.15) is 11.7 Å².